The van der Waals surface area contributed by atoms with E-state index in [1.807, 2.05) is 36.2 Å². The van der Waals surface area contributed by atoms with Crippen LogP contribution in [0.4, 0.5) is 0 Å². The van der Waals surface area contributed by atoms with Gasteiger partial charge in [0.2, 0.25) is 0 Å². The lowest BCUT2D eigenvalue weighted by Crippen LogP contribution is -2.56. The predicted octanol–water partition coefficient (Wildman–Crippen LogP) is 3.94. The van der Waals surface area contributed by atoms with Crippen LogP contribution in [0.1, 0.15) is 48.9 Å². The number of carbonyl (C=O) groups excluding carboxylic acids is 1. The Hall–Kier alpha value is -0.910. The summed E-state index contributed by atoms with van der Waals surface area (Å²) in [6, 6.07) is 8.51. The number of benzene rings is 1. The topological polar surface area (TPSA) is 32.8 Å². The van der Waals surface area contributed by atoms with Crippen LogP contribution in [0.25, 0.3) is 0 Å². The summed E-state index contributed by atoms with van der Waals surface area (Å²) in [4.78, 5) is 17.8. The molecule has 26 heavy (non-hydrogen) atoms. The Morgan fingerprint density at radius 2 is 1.96 bits per heavy atom. The molecule has 1 aromatic carbocycles. The first-order valence-corrected chi connectivity index (χ1v) is 10.7. The Morgan fingerprint density at radius 1 is 1.23 bits per heavy atom. The minimum Gasteiger partial charge on any atom is -0.381 e. The van der Waals surface area contributed by atoms with Gasteiger partial charge < -0.3 is 9.64 Å². The zero-order chi connectivity index (χ0) is 18.1. The highest BCUT2D eigenvalue weighted by molar-refractivity contribution is 9.10. The van der Waals surface area contributed by atoms with E-state index in [0.29, 0.717) is 17.5 Å². The summed E-state index contributed by atoms with van der Waals surface area (Å²) in [5.74, 6) is 0.144. The highest BCUT2D eigenvalue weighted by Gasteiger charge is 2.47. The van der Waals surface area contributed by atoms with Gasteiger partial charge in [-0.1, -0.05) is 15.9 Å². The highest BCUT2D eigenvalue weighted by atomic mass is 79.9. The second kappa shape index (κ2) is 7.61. The smallest absolute Gasteiger partial charge is 0.253 e. The molecule has 1 aliphatic carbocycles. The molecule has 5 heteroatoms. The van der Waals surface area contributed by atoms with Crippen molar-refractivity contribution in [2.75, 3.05) is 33.4 Å². The summed E-state index contributed by atoms with van der Waals surface area (Å²) in [5, 5.41) is 0. The van der Waals surface area contributed by atoms with Gasteiger partial charge in [-0.15, -0.1) is 0 Å². The van der Waals surface area contributed by atoms with Gasteiger partial charge in [0.05, 0.1) is 6.61 Å². The van der Waals surface area contributed by atoms with Gasteiger partial charge in [-0.3, -0.25) is 9.69 Å². The van der Waals surface area contributed by atoms with Crippen LogP contribution in [0.3, 0.4) is 0 Å². The van der Waals surface area contributed by atoms with E-state index in [-0.39, 0.29) is 5.91 Å². The molecule has 3 fully saturated rings. The molecular weight excluding hydrogens is 392 g/mol. The number of likely N-dealkylation sites (N-methyl/N-ethyl adjacent to an activating group) is 1. The van der Waals surface area contributed by atoms with Gasteiger partial charge in [0.25, 0.3) is 5.91 Å². The number of rotatable bonds is 3. The summed E-state index contributed by atoms with van der Waals surface area (Å²) in [6.07, 6.45) is 7.21. The molecule has 2 saturated heterocycles. The predicted molar refractivity (Wildman–Crippen MR) is 106 cm³/mol. The molecule has 4 rings (SSSR count). The number of likely N-dealkylation sites (tertiary alicyclic amines) is 1. The van der Waals surface area contributed by atoms with E-state index in [0.717, 1.165) is 29.7 Å². The fourth-order valence-electron chi connectivity index (χ4n) is 5.18. The van der Waals surface area contributed by atoms with Gasteiger partial charge in [-0.25, -0.2) is 0 Å². The van der Waals surface area contributed by atoms with E-state index >= 15 is 0 Å². The molecule has 4 nitrogen and oxygen atoms in total. The molecule has 3 aliphatic rings. The maximum atomic E-state index is 13.1. The SMILES string of the molecule is CN(C(=O)c1ccc(Br)cc1)[C@@H]1CCC2(CCOC2)C[C@H]1N1CCCC1. The highest BCUT2D eigenvalue weighted by Crippen LogP contribution is 2.46. The van der Waals surface area contributed by atoms with Gasteiger partial charge in [0.1, 0.15) is 0 Å². The Balaban J connectivity index is 1.54. The average Bonchev–Trinajstić information content (AvgIpc) is 3.34. The van der Waals surface area contributed by atoms with Crippen LogP contribution >= 0.6 is 15.9 Å². The molecule has 3 atom stereocenters. The molecule has 1 aromatic rings. The van der Waals surface area contributed by atoms with Gasteiger partial charge >= 0.3 is 0 Å². The van der Waals surface area contributed by atoms with Crippen molar-refractivity contribution in [2.24, 2.45) is 5.41 Å². The lowest BCUT2D eigenvalue weighted by Gasteiger charge is -2.48. The second-order valence-corrected chi connectivity index (χ2v) is 9.26. The Labute approximate surface area is 165 Å². The average molecular weight is 421 g/mol. The summed E-state index contributed by atoms with van der Waals surface area (Å²) in [6.45, 7) is 4.18. The van der Waals surface area contributed by atoms with Crippen LogP contribution in [-0.4, -0.2) is 61.1 Å². The van der Waals surface area contributed by atoms with Crippen LogP contribution in [0.2, 0.25) is 0 Å². The van der Waals surface area contributed by atoms with E-state index in [1.165, 1.54) is 45.2 Å². The van der Waals surface area contributed by atoms with Gasteiger partial charge in [-0.2, -0.15) is 0 Å². The monoisotopic (exact) mass is 420 g/mol. The molecule has 2 heterocycles. The number of carbonyl (C=O) groups is 1. The molecule has 0 radical (unpaired) electrons. The number of hydrogen-bond donors (Lipinski definition) is 0. The molecule has 1 saturated carbocycles. The minimum absolute atomic E-state index is 0.144. The quantitative estimate of drug-likeness (QED) is 0.741. The molecule has 142 valence electrons. The van der Waals surface area contributed by atoms with Crippen LogP contribution in [0, 0.1) is 5.41 Å². The van der Waals surface area contributed by atoms with E-state index < -0.39 is 0 Å². The second-order valence-electron chi connectivity index (χ2n) is 8.35. The Bertz CT molecular complexity index is 636. The fraction of sp³-hybridized carbons (Fsp3) is 0.667. The van der Waals surface area contributed by atoms with Gasteiger partial charge in [0, 0.05) is 35.8 Å². The van der Waals surface area contributed by atoms with Crippen molar-refractivity contribution < 1.29 is 9.53 Å². The summed E-state index contributed by atoms with van der Waals surface area (Å²) in [7, 11) is 2.00. The van der Waals surface area contributed by atoms with Crippen molar-refractivity contribution in [3.63, 3.8) is 0 Å². The first-order chi connectivity index (χ1) is 12.6. The van der Waals surface area contributed by atoms with E-state index in [2.05, 4.69) is 20.8 Å². The molecule has 1 amide bonds. The largest absolute Gasteiger partial charge is 0.381 e. The van der Waals surface area contributed by atoms with Crippen LogP contribution in [-0.2, 0) is 4.74 Å². The van der Waals surface area contributed by atoms with Crippen molar-refractivity contribution in [3.05, 3.63) is 34.3 Å². The Morgan fingerprint density at radius 3 is 2.62 bits per heavy atom. The molecule has 2 aliphatic heterocycles. The number of amides is 1. The van der Waals surface area contributed by atoms with E-state index in [1.54, 1.807) is 0 Å². The van der Waals surface area contributed by atoms with Crippen LogP contribution in [0.15, 0.2) is 28.7 Å². The summed E-state index contributed by atoms with van der Waals surface area (Å²) >= 11 is 3.45. The molecular formula is C21H29BrN2O2. The van der Waals surface area contributed by atoms with Crippen molar-refractivity contribution in [1.82, 2.24) is 9.80 Å². The standard InChI is InChI=1S/C21H29BrN2O2/c1-23(20(25)16-4-6-17(22)7-5-16)18-8-9-21(10-13-26-15-21)14-19(18)24-11-2-3-12-24/h4-7,18-19H,2-3,8-15H2,1H3/t18-,19-,21?/m1/s1. The number of ether oxygens (including phenoxy) is 1. The van der Waals surface area contributed by atoms with Gasteiger partial charge in [-0.05, 0) is 81.3 Å². The first kappa shape index (κ1) is 18.5. The van der Waals surface area contributed by atoms with E-state index in [4.69, 9.17) is 4.74 Å². The van der Waals surface area contributed by atoms with Gasteiger partial charge in [0.15, 0.2) is 0 Å². The zero-order valence-electron chi connectivity index (χ0n) is 15.6. The first-order valence-electron chi connectivity index (χ1n) is 9.93. The van der Waals surface area contributed by atoms with Crippen molar-refractivity contribution in [3.8, 4) is 0 Å². The lowest BCUT2D eigenvalue weighted by molar-refractivity contribution is 0.0105. The number of nitrogens with zero attached hydrogens (tertiary/aromatic N) is 2. The molecule has 1 unspecified atom stereocenters. The molecule has 0 aromatic heterocycles. The maximum Gasteiger partial charge on any atom is 0.253 e. The summed E-state index contributed by atoms with van der Waals surface area (Å²) in [5.41, 5.74) is 1.13. The third-order valence-corrected chi connectivity index (χ3v) is 7.29. The van der Waals surface area contributed by atoms with Crippen molar-refractivity contribution >= 4 is 21.8 Å². The summed E-state index contributed by atoms with van der Waals surface area (Å²) < 4.78 is 6.78. The number of halogens is 1. The molecule has 0 bridgehead atoms. The van der Waals surface area contributed by atoms with E-state index in [9.17, 15) is 4.79 Å². The molecule has 0 N–H and O–H groups in total. The maximum absolute atomic E-state index is 13.1. The molecule has 1 spiro atoms. The minimum atomic E-state index is 0.144. The third-order valence-electron chi connectivity index (χ3n) is 6.76. The zero-order valence-corrected chi connectivity index (χ0v) is 17.2. The number of hydrogen-bond acceptors (Lipinski definition) is 3. The van der Waals surface area contributed by atoms with Crippen LogP contribution in [0.5, 0.6) is 0 Å². The van der Waals surface area contributed by atoms with Crippen molar-refractivity contribution in [2.45, 2.75) is 50.6 Å². The third kappa shape index (κ3) is 3.58. The normalized spacial score (nSPS) is 32.2. The van der Waals surface area contributed by atoms with Crippen LogP contribution < -0.4 is 0 Å². The Kier molecular flexibility index (Phi) is 5.40. The fourth-order valence-corrected chi connectivity index (χ4v) is 5.44. The lowest BCUT2D eigenvalue weighted by atomic mass is 9.69. The van der Waals surface area contributed by atoms with Crippen molar-refractivity contribution in [1.29, 1.82) is 0 Å².